The van der Waals surface area contributed by atoms with E-state index >= 15 is 0 Å². The number of benzene rings is 5. The summed E-state index contributed by atoms with van der Waals surface area (Å²) in [6.07, 6.45) is 0. The fourth-order valence-corrected chi connectivity index (χ4v) is 5.70. The van der Waals surface area contributed by atoms with Crippen LogP contribution in [0.5, 0.6) is 5.75 Å². The highest BCUT2D eigenvalue weighted by molar-refractivity contribution is 7.13. The van der Waals surface area contributed by atoms with Crippen LogP contribution in [-0.4, -0.2) is 10.1 Å². The number of phenolic OH excluding ortho intramolecular Hbond substituents is 1. The highest BCUT2D eigenvalue weighted by Crippen LogP contribution is 2.44. The molecule has 0 aliphatic rings. The van der Waals surface area contributed by atoms with Gasteiger partial charge in [0, 0.05) is 16.5 Å². The van der Waals surface area contributed by atoms with Gasteiger partial charge in [0.15, 0.2) is 0 Å². The average Bonchev–Trinajstić information content (AvgIpc) is 3.36. The summed E-state index contributed by atoms with van der Waals surface area (Å²) in [7, 11) is 0. The van der Waals surface area contributed by atoms with E-state index in [9.17, 15) is 5.11 Å². The number of thiazole rings is 1. The Morgan fingerprint density at radius 2 is 1.28 bits per heavy atom. The highest BCUT2D eigenvalue weighted by atomic mass is 32.1. The Morgan fingerprint density at radius 1 is 0.694 bits per heavy atom. The lowest BCUT2D eigenvalue weighted by molar-refractivity contribution is 0.478. The van der Waals surface area contributed by atoms with Crippen molar-refractivity contribution < 1.29 is 5.11 Å². The largest absolute Gasteiger partial charge is 0.507 e. The number of phenols is 1. The zero-order valence-electron chi connectivity index (χ0n) is 20.6. The van der Waals surface area contributed by atoms with Crippen molar-refractivity contribution in [3.63, 3.8) is 0 Å². The molecule has 2 nitrogen and oxygen atoms in total. The van der Waals surface area contributed by atoms with Gasteiger partial charge in [-0.3, -0.25) is 0 Å². The second-order valence-corrected chi connectivity index (χ2v) is 11.1. The van der Waals surface area contributed by atoms with Crippen molar-refractivity contribution in [3.05, 3.63) is 108 Å². The van der Waals surface area contributed by atoms with E-state index in [-0.39, 0.29) is 11.2 Å². The molecule has 176 valence electrons. The Bertz CT molecular complexity index is 1670. The molecule has 1 heterocycles. The van der Waals surface area contributed by atoms with Crippen molar-refractivity contribution in [2.75, 3.05) is 0 Å². The molecule has 3 heteroatoms. The molecule has 0 radical (unpaired) electrons. The third kappa shape index (κ3) is 3.86. The molecule has 0 aliphatic heterocycles. The first-order valence-electron chi connectivity index (χ1n) is 12.2. The van der Waals surface area contributed by atoms with Crippen LogP contribution in [0.2, 0.25) is 0 Å². The maximum absolute atomic E-state index is 11.5. The van der Waals surface area contributed by atoms with E-state index in [1.165, 1.54) is 27.1 Å². The molecule has 0 unspecified atom stereocenters. The van der Waals surface area contributed by atoms with Gasteiger partial charge in [0.25, 0.3) is 0 Å². The average molecular weight is 486 g/mol. The number of hydrogen-bond donors (Lipinski definition) is 1. The van der Waals surface area contributed by atoms with E-state index in [1.807, 2.05) is 30.3 Å². The van der Waals surface area contributed by atoms with Crippen LogP contribution in [-0.2, 0) is 5.41 Å². The molecule has 0 saturated heterocycles. The minimum atomic E-state index is -0.0715. The molecule has 6 rings (SSSR count). The SMILES string of the molecule is CC(C)(C)c1cc(-c2ccccc2)c(O)c(-c2nc(-c3c4ccccc4cc4ccccc34)cs2)c1. The Labute approximate surface area is 215 Å². The van der Waals surface area contributed by atoms with Gasteiger partial charge in [-0.05, 0) is 56.3 Å². The Balaban J connectivity index is 1.58. The number of hydrogen-bond acceptors (Lipinski definition) is 3. The number of fused-ring (bicyclic) bond motifs is 2. The van der Waals surface area contributed by atoms with Crippen molar-refractivity contribution in [3.8, 4) is 38.7 Å². The molecule has 1 N–H and O–H groups in total. The molecular weight excluding hydrogens is 458 g/mol. The van der Waals surface area contributed by atoms with Gasteiger partial charge in [0.05, 0.1) is 11.3 Å². The molecule has 0 saturated carbocycles. The lowest BCUT2D eigenvalue weighted by Crippen LogP contribution is -2.11. The minimum Gasteiger partial charge on any atom is -0.507 e. The van der Waals surface area contributed by atoms with Gasteiger partial charge in [0.2, 0.25) is 0 Å². The third-order valence-electron chi connectivity index (χ3n) is 6.82. The molecule has 0 spiro atoms. The molecule has 0 bridgehead atoms. The predicted molar refractivity (Wildman–Crippen MR) is 154 cm³/mol. The summed E-state index contributed by atoms with van der Waals surface area (Å²) in [5.41, 5.74) is 5.79. The van der Waals surface area contributed by atoms with E-state index in [4.69, 9.17) is 4.98 Å². The Hall–Kier alpha value is -3.95. The molecule has 0 atom stereocenters. The zero-order valence-corrected chi connectivity index (χ0v) is 21.4. The van der Waals surface area contributed by atoms with Crippen LogP contribution >= 0.6 is 11.3 Å². The topological polar surface area (TPSA) is 33.1 Å². The summed E-state index contributed by atoms with van der Waals surface area (Å²) in [6, 6.07) is 33.5. The lowest BCUT2D eigenvalue weighted by atomic mass is 9.83. The van der Waals surface area contributed by atoms with E-state index < -0.39 is 0 Å². The van der Waals surface area contributed by atoms with E-state index in [0.717, 1.165) is 33.0 Å². The second kappa shape index (κ2) is 8.61. The fraction of sp³-hybridized carbons (Fsp3) is 0.121. The van der Waals surface area contributed by atoms with E-state index in [2.05, 4.69) is 92.9 Å². The Kier molecular flexibility index (Phi) is 5.39. The van der Waals surface area contributed by atoms with Gasteiger partial charge in [-0.2, -0.15) is 0 Å². The summed E-state index contributed by atoms with van der Waals surface area (Å²) in [4.78, 5) is 5.13. The van der Waals surface area contributed by atoms with Gasteiger partial charge in [-0.15, -0.1) is 11.3 Å². The predicted octanol–water partition coefficient (Wildman–Crippen LogP) is 9.45. The van der Waals surface area contributed by atoms with Gasteiger partial charge < -0.3 is 5.11 Å². The first kappa shape index (κ1) is 22.5. The lowest BCUT2D eigenvalue weighted by Gasteiger charge is -2.22. The maximum atomic E-state index is 11.5. The quantitative estimate of drug-likeness (QED) is 0.253. The van der Waals surface area contributed by atoms with Gasteiger partial charge >= 0.3 is 0 Å². The van der Waals surface area contributed by atoms with Crippen molar-refractivity contribution in [2.24, 2.45) is 0 Å². The number of rotatable bonds is 3. The zero-order chi connectivity index (χ0) is 24.9. The van der Waals surface area contributed by atoms with Gasteiger partial charge in [0.1, 0.15) is 10.8 Å². The van der Waals surface area contributed by atoms with Crippen LogP contribution in [0.15, 0.2) is 102 Å². The standard InChI is InChI=1S/C33H27NOS/c1-33(2,3)24-18-27(21-11-5-4-6-12-21)31(35)28(19-24)32-34-29(20-36-32)30-25-15-9-7-13-22(25)17-23-14-8-10-16-26(23)30/h4-20,35H,1-3H3. The Morgan fingerprint density at radius 3 is 1.92 bits per heavy atom. The number of nitrogens with zero attached hydrogens (tertiary/aromatic N) is 1. The molecule has 0 amide bonds. The third-order valence-corrected chi connectivity index (χ3v) is 7.70. The molecule has 0 fully saturated rings. The van der Waals surface area contributed by atoms with Crippen LogP contribution in [0, 0.1) is 0 Å². The van der Waals surface area contributed by atoms with Crippen molar-refractivity contribution >= 4 is 32.9 Å². The summed E-state index contributed by atoms with van der Waals surface area (Å²) in [6.45, 7) is 6.61. The van der Waals surface area contributed by atoms with Crippen LogP contribution in [0.4, 0.5) is 0 Å². The number of aromatic nitrogens is 1. The summed E-state index contributed by atoms with van der Waals surface area (Å²) in [5.74, 6) is 0.276. The first-order chi connectivity index (χ1) is 17.4. The van der Waals surface area contributed by atoms with Crippen molar-refractivity contribution in [2.45, 2.75) is 26.2 Å². The molecule has 36 heavy (non-hydrogen) atoms. The van der Waals surface area contributed by atoms with Gasteiger partial charge in [-0.1, -0.05) is 99.6 Å². The molecule has 5 aromatic carbocycles. The number of aromatic hydroxyl groups is 1. The minimum absolute atomic E-state index is 0.0715. The molecular formula is C33H27NOS. The van der Waals surface area contributed by atoms with Crippen molar-refractivity contribution in [1.29, 1.82) is 0 Å². The smallest absolute Gasteiger partial charge is 0.133 e. The molecule has 0 aliphatic carbocycles. The van der Waals surface area contributed by atoms with Crippen LogP contribution in [0.3, 0.4) is 0 Å². The van der Waals surface area contributed by atoms with E-state index in [0.29, 0.717) is 0 Å². The van der Waals surface area contributed by atoms with Gasteiger partial charge in [-0.25, -0.2) is 4.98 Å². The first-order valence-corrected chi connectivity index (χ1v) is 13.1. The monoisotopic (exact) mass is 485 g/mol. The highest BCUT2D eigenvalue weighted by Gasteiger charge is 2.22. The molecule has 6 aromatic rings. The van der Waals surface area contributed by atoms with Crippen LogP contribution in [0.25, 0.3) is 54.5 Å². The maximum Gasteiger partial charge on any atom is 0.133 e. The van der Waals surface area contributed by atoms with Crippen LogP contribution in [0.1, 0.15) is 26.3 Å². The normalized spacial score (nSPS) is 11.9. The second-order valence-electron chi connectivity index (χ2n) is 10.3. The van der Waals surface area contributed by atoms with E-state index in [1.54, 1.807) is 11.3 Å². The van der Waals surface area contributed by atoms with Crippen LogP contribution < -0.4 is 0 Å². The van der Waals surface area contributed by atoms with Crippen molar-refractivity contribution in [1.82, 2.24) is 4.98 Å². The fourth-order valence-electron chi connectivity index (χ4n) is 4.87. The summed E-state index contributed by atoms with van der Waals surface area (Å²) < 4.78 is 0. The summed E-state index contributed by atoms with van der Waals surface area (Å²) in [5, 5.41) is 19.2. The molecule has 1 aromatic heterocycles. The summed E-state index contributed by atoms with van der Waals surface area (Å²) >= 11 is 1.58.